The van der Waals surface area contributed by atoms with Gasteiger partial charge in [0.1, 0.15) is 16.5 Å². The highest BCUT2D eigenvalue weighted by Crippen LogP contribution is 2.18. The van der Waals surface area contributed by atoms with Crippen LogP contribution >= 0.6 is 11.6 Å². The fourth-order valence-corrected chi connectivity index (χ4v) is 2.85. The third kappa shape index (κ3) is 3.42. The van der Waals surface area contributed by atoms with Crippen molar-refractivity contribution in [3.63, 3.8) is 0 Å². The molecule has 0 amide bonds. The van der Waals surface area contributed by atoms with E-state index in [1.54, 1.807) is 0 Å². The van der Waals surface area contributed by atoms with Crippen molar-refractivity contribution < 1.29 is 17.2 Å². The average molecular weight is 269 g/mol. The van der Waals surface area contributed by atoms with Crippen LogP contribution in [0.5, 0.6) is 0 Å². The van der Waals surface area contributed by atoms with Crippen LogP contribution in [0.3, 0.4) is 0 Å². The van der Waals surface area contributed by atoms with Crippen LogP contribution in [0.1, 0.15) is 12.8 Å². The fraction of sp³-hybridized carbons (Fsp3) is 0.400. The molecule has 16 heavy (non-hydrogen) atoms. The third-order valence-corrected chi connectivity index (χ3v) is 4.12. The maximum absolute atomic E-state index is 13.2. The van der Waals surface area contributed by atoms with Crippen molar-refractivity contribution in [2.24, 2.45) is 0 Å². The molecule has 0 aliphatic rings. The fourth-order valence-electron chi connectivity index (χ4n) is 1.22. The maximum atomic E-state index is 13.2. The van der Waals surface area contributed by atoms with E-state index in [9.17, 15) is 17.2 Å². The van der Waals surface area contributed by atoms with Gasteiger partial charge in [-0.05, 0) is 25.0 Å². The maximum Gasteiger partial charge on any atom is 0.181 e. The molecule has 0 atom stereocenters. The molecule has 0 spiro atoms. The molecule has 1 aromatic carbocycles. The Bertz CT molecular complexity index is 460. The zero-order valence-corrected chi connectivity index (χ0v) is 9.99. The number of alkyl halides is 1. The Morgan fingerprint density at radius 1 is 1.19 bits per heavy atom. The first-order chi connectivity index (χ1) is 7.47. The number of rotatable bonds is 5. The van der Waals surface area contributed by atoms with Crippen LogP contribution in [0.25, 0.3) is 0 Å². The monoisotopic (exact) mass is 268 g/mol. The summed E-state index contributed by atoms with van der Waals surface area (Å²) in [6.45, 7) is 0. The number of benzene rings is 1. The van der Waals surface area contributed by atoms with Crippen molar-refractivity contribution in [2.45, 2.75) is 17.7 Å². The van der Waals surface area contributed by atoms with E-state index in [0.29, 0.717) is 24.8 Å². The quantitative estimate of drug-likeness (QED) is 0.467. The molecule has 0 fully saturated rings. The molecular weight excluding hydrogens is 258 g/mol. The van der Waals surface area contributed by atoms with Gasteiger partial charge < -0.3 is 0 Å². The van der Waals surface area contributed by atoms with Gasteiger partial charge in [-0.1, -0.05) is 0 Å². The van der Waals surface area contributed by atoms with Crippen LogP contribution in [0.15, 0.2) is 23.1 Å². The SMILES string of the molecule is O=S(=O)(CCCCCl)c1ccc(F)cc1F. The molecule has 0 N–H and O–H groups in total. The molecule has 6 heteroatoms. The smallest absolute Gasteiger partial charge is 0.181 e. The zero-order valence-electron chi connectivity index (χ0n) is 8.42. The number of hydrogen-bond acceptors (Lipinski definition) is 2. The van der Waals surface area contributed by atoms with Gasteiger partial charge in [0.25, 0.3) is 0 Å². The second-order valence-electron chi connectivity index (χ2n) is 3.29. The Morgan fingerprint density at radius 3 is 2.44 bits per heavy atom. The van der Waals surface area contributed by atoms with E-state index >= 15 is 0 Å². The first-order valence-electron chi connectivity index (χ1n) is 4.71. The first-order valence-corrected chi connectivity index (χ1v) is 6.90. The average Bonchev–Trinajstić information content (AvgIpc) is 2.17. The zero-order chi connectivity index (χ0) is 12.2. The van der Waals surface area contributed by atoms with Crippen molar-refractivity contribution in [3.05, 3.63) is 29.8 Å². The summed E-state index contributed by atoms with van der Waals surface area (Å²) in [5.41, 5.74) is 0. The van der Waals surface area contributed by atoms with Crippen LogP contribution in [0, 0.1) is 11.6 Å². The molecule has 0 aliphatic heterocycles. The van der Waals surface area contributed by atoms with E-state index in [2.05, 4.69) is 0 Å². The van der Waals surface area contributed by atoms with E-state index in [-0.39, 0.29) is 5.75 Å². The molecular formula is C10H11ClF2O2S. The van der Waals surface area contributed by atoms with Crippen molar-refractivity contribution in [1.29, 1.82) is 0 Å². The molecule has 1 rings (SSSR count). The summed E-state index contributed by atoms with van der Waals surface area (Å²) in [5, 5.41) is 0. The Morgan fingerprint density at radius 2 is 1.88 bits per heavy atom. The van der Waals surface area contributed by atoms with Gasteiger partial charge in [0.05, 0.1) is 5.75 Å². The summed E-state index contributed by atoms with van der Waals surface area (Å²) >= 11 is 5.41. The standard InChI is InChI=1S/C10H11ClF2O2S/c11-5-1-2-6-16(14,15)10-4-3-8(12)7-9(10)13/h3-4,7H,1-2,5-6H2. The van der Waals surface area contributed by atoms with E-state index in [1.807, 2.05) is 0 Å². The number of unbranched alkanes of at least 4 members (excludes halogenated alkanes) is 1. The van der Waals surface area contributed by atoms with Crippen LogP contribution in [0.4, 0.5) is 8.78 Å². The number of halogens is 3. The largest absolute Gasteiger partial charge is 0.224 e. The summed E-state index contributed by atoms with van der Waals surface area (Å²) in [7, 11) is -3.68. The van der Waals surface area contributed by atoms with Crippen molar-refractivity contribution in [3.8, 4) is 0 Å². The normalized spacial score (nSPS) is 11.7. The second kappa shape index (κ2) is 5.59. The molecule has 2 nitrogen and oxygen atoms in total. The van der Waals surface area contributed by atoms with Crippen LogP contribution in [-0.4, -0.2) is 20.1 Å². The van der Waals surface area contributed by atoms with E-state index in [1.165, 1.54) is 0 Å². The highest BCUT2D eigenvalue weighted by molar-refractivity contribution is 7.91. The Labute approximate surface area is 98.2 Å². The lowest BCUT2D eigenvalue weighted by molar-refractivity contribution is 0.548. The number of sulfone groups is 1. The minimum Gasteiger partial charge on any atom is -0.224 e. The summed E-state index contributed by atoms with van der Waals surface area (Å²) in [4.78, 5) is -0.455. The molecule has 0 saturated carbocycles. The van der Waals surface area contributed by atoms with E-state index < -0.39 is 26.4 Å². The van der Waals surface area contributed by atoms with Crippen molar-refractivity contribution >= 4 is 21.4 Å². The van der Waals surface area contributed by atoms with Gasteiger partial charge in [0, 0.05) is 11.9 Å². The predicted octanol–water partition coefficient (Wildman–Crippen LogP) is 2.76. The van der Waals surface area contributed by atoms with Gasteiger partial charge in [-0.25, -0.2) is 17.2 Å². The summed E-state index contributed by atoms with van der Waals surface area (Å²) < 4.78 is 49.1. The van der Waals surface area contributed by atoms with Gasteiger partial charge in [0.15, 0.2) is 9.84 Å². The Balaban J connectivity index is 2.90. The first kappa shape index (κ1) is 13.4. The van der Waals surface area contributed by atoms with Gasteiger partial charge in [-0.2, -0.15) is 0 Å². The highest BCUT2D eigenvalue weighted by atomic mass is 35.5. The van der Waals surface area contributed by atoms with E-state index in [4.69, 9.17) is 11.6 Å². The van der Waals surface area contributed by atoms with Gasteiger partial charge in [-0.15, -0.1) is 11.6 Å². The molecule has 90 valence electrons. The van der Waals surface area contributed by atoms with Crippen LogP contribution < -0.4 is 0 Å². The van der Waals surface area contributed by atoms with Gasteiger partial charge in [0.2, 0.25) is 0 Å². The van der Waals surface area contributed by atoms with Gasteiger partial charge >= 0.3 is 0 Å². The summed E-state index contributed by atoms with van der Waals surface area (Å²) in [6.07, 6.45) is 0.909. The lowest BCUT2D eigenvalue weighted by atomic mass is 10.3. The summed E-state index contributed by atoms with van der Waals surface area (Å²) in [5.74, 6) is -1.66. The minimum absolute atomic E-state index is 0.178. The van der Waals surface area contributed by atoms with Crippen molar-refractivity contribution in [1.82, 2.24) is 0 Å². The Hall–Kier alpha value is -0.680. The molecule has 0 unspecified atom stereocenters. The van der Waals surface area contributed by atoms with Crippen LogP contribution in [0.2, 0.25) is 0 Å². The second-order valence-corrected chi connectivity index (χ2v) is 5.75. The molecule has 0 aliphatic carbocycles. The highest BCUT2D eigenvalue weighted by Gasteiger charge is 2.18. The number of hydrogen-bond donors (Lipinski definition) is 0. The van der Waals surface area contributed by atoms with Gasteiger partial charge in [-0.3, -0.25) is 0 Å². The lowest BCUT2D eigenvalue weighted by Gasteiger charge is -2.04. The lowest BCUT2D eigenvalue weighted by Crippen LogP contribution is -2.09. The summed E-state index contributed by atoms with van der Waals surface area (Å²) in [6, 6.07) is 2.44. The van der Waals surface area contributed by atoms with Crippen LogP contribution in [-0.2, 0) is 9.84 Å². The molecule has 0 radical (unpaired) electrons. The predicted molar refractivity (Wildman–Crippen MR) is 58.4 cm³/mol. The topological polar surface area (TPSA) is 34.1 Å². The van der Waals surface area contributed by atoms with E-state index in [0.717, 1.165) is 12.1 Å². The molecule has 0 saturated heterocycles. The molecule has 0 bridgehead atoms. The minimum atomic E-state index is -3.68. The molecule has 1 aromatic rings. The Kier molecular flexibility index (Phi) is 4.68. The molecule has 0 aromatic heterocycles. The third-order valence-electron chi connectivity index (χ3n) is 2.03. The van der Waals surface area contributed by atoms with Crippen molar-refractivity contribution in [2.75, 3.05) is 11.6 Å². The molecule has 0 heterocycles.